The molecule has 0 heterocycles. The molecule has 0 saturated carbocycles. The number of hydrogen-bond donors (Lipinski definition) is 6. The summed E-state index contributed by atoms with van der Waals surface area (Å²) in [5.41, 5.74) is 11.1. The predicted octanol–water partition coefficient (Wildman–Crippen LogP) is -1.17. The summed E-state index contributed by atoms with van der Waals surface area (Å²) in [5.74, 6) is -1.40. The van der Waals surface area contributed by atoms with Gasteiger partial charge in [-0.05, 0) is 38.5 Å². The first-order valence-corrected chi connectivity index (χ1v) is 11.3. The molecule has 0 aromatic rings. The van der Waals surface area contributed by atoms with Crippen LogP contribution in [0, 0.1) is 0 Å². The zero-order chi connectivity index (χ0) is 24.4. The van der Waals surface area contributed by atoms with E-state index in [1.165, 1.54) is 0 Å². The van der Waals surface area contributed by atoms with E-state index < -0.39 is 23.9 Å². The molecule has 3 atom stereocenters. The second-order valence-electron chi connectivity index (χ2n) is 7.68. The topological polar surface area (TPSA) is 186 Å². The molecule has 0 aromatic heterocycles. The third kappa shape index (κ3) is 14.5. The van der Waals surface area contributed by atoms with E-state index in [0.717, 1.165) is 19.3 Å². The zero-order valence-corrected chi connectivity index (χ0v) is 19.3. The number of carbonyl (C=O) groups excluding carboxylic acids is 5. The van der Waals surface area contributed by atoms with Crippen LogP contribution < -0.4 is 32.7 Å². The van der Waals surface area contributed by atoms with Crippen molar-refractivity contribution in [3.05, 3.63) is 0 Å². The van der Waals surface area contributed by atoms with E-state index in [4.69, 9.17) is 11.5 Å². The van der Waals surface area contributed by atoms with Gasteiger partial charge in [0, 0.05) is 19.0 Å². The molecule has 0 rings (SSSR count). The molecule has 0 saturated heterocycles. The molecule has 0 aliphatic rings. The summed E-state index contributed by atoms with van der Waals surface area (Å²) in [7, 11) is 0. The lowest BCUT2D eigenvalue weighted by molar-refractivity contribution is -0.127. The third-order valence-electron chi connectivity index (χ3n) is 4.90. The van der Waals surface area contributed by atoms with Gasteiger partial charge in [-0.1, -0.05) is 20.3 Å². The number of amides is 4. The molecule has 0 aliphatic carbocycles. The highest BCUT2D eigenvalue weighted by atomic mass is 16.2. The SMILES string of the molecule is CCCC(CC)NC(=O)C(N)CCCCNC(=O)CCC(C=O)NC(=O)CNC(=O)CN. The van der Waals surface area contributed by atoms with Gasteiger partial charge in [-0.2, -0.15) is 0 Å². The summed E-state index contributed by atoms with van der Waals surface area (Å²) in [6.07, 6.45) is 5.47. The normalized spacial score (nSPS) is 13.4. The summed E-state index contributed by atoms with van der Waals surface area (Å²) >= 11 is 0. The lowest BCUT2D eigenvalue weighted by Crippen LogP contribution is -2.45. The van der Waals surface area contributed by atoms with Crippen LogP contribution in [0.1, 0.15) is 65.2 Å². The molecule has 0 bridgehead atoms. The number of nitrogens with two attached hydrogens (primary N) is 2. The molecule has 0 fully saturated rings. The van der Waals surface area contributed by atoms with E-state index in [2.05, 4.69) is 28.2 Å². The average Bonchev–Trinajstić information content (AvgIpc) is 2.79. The van der Waals surface area contributed by atoms with Crippen LogP contribution in [0.3, 0.4) is 0 Å². The Kier molecular flexibility index (Phi) is 16.7. The first-order valence-electron chi connectivity index (χ1n) is 11.3. The van der Waals surface area contributed by atoms with E-state index in [1.54, 1.807) is 0 Å². The van der Waals surface area contributed by atoms with Crippen molar-refractivity contribution in [1.82, 2.24) is 21.3 Å². The smallest absolute Gasteiger partial charge is 0.239 e. The predicted molar refractivity (Wildman–Crippen MR) is 121 cm³/mol. The van der Waals surface area contributed by atoms with Gasteiger partial charge in [-0.15, -0.1) is 0 Å². The van der Waals surface area contributed by atoms with E-state index in [0.29, 0.717) is 32.1 Å². The molecule has 32 heavy (non-hydrogen) atoms. The van der Waals surface area contributed by atoms with E-state index in [9.17, 15) is 24.0 Å². The van der Waals surface area contributed by atoms with Crippen LogP contribution in [0.15, 0.2) is 0 Å². The molecule has 4 amide bonds. The number of rotatable bonds is 18. The Morgan fingerprint density at radius 1 is 0.906 bits per heavy atom. The van der Waals surface area contributed by atoms with Crippen LogP contribution in [0.2, 0.25) is 0 Å². The summed E-state index contributed by atoms with van der Waals surface area (Å²) in [6, 6.07) is -1.23. The zero-order valence-electron chi connectivity index (χ0n) is 19.3. The quantitative estimate of drug-likeness (QED) is 0.111. The van der Waals surface area contributed by atoms with Gasteiger partial charge in [0.2, 0.25) is 23.6 Å². The van der Waals surface area contributed by atoms with Crippen molar-refractivity contribution in [3.63, 3.8) is 0 Å². The highest BCUT2D eigenvalue weighted by molar-refractivity contribution is 5.87. The Bertz CT molecular complexity index is 601. The maximum Gasteiger partial charge on any atom is 0.239 e. The molecular weight excluding hydrogens is 416 g/mol. The summed E-state index contributed by atoms with van der Waals surface area (Å²) in [6.45, 7) is 4.02. The maximum absolute atomic E-state index is 12.1. The highest BCUT2D eigenvalue weighted by Gasteiger charge is 2.17. The molecule has 0 radical (unpaired) electrons. The van der Waals surface area contributed by atoms with Gasteiger partial charge in [-0.3, -0.25) is 19.2 Å². The number of aldehydes is 1. The lowest BCUT2D eigenvalue weighted by Gasteiger charge is -2.19. The summed E-state index contributed by atoms with van der Waals surface area (Å²) in [5, 5.41) is 10.4. The van der Waals surface area contributed by atoms with Gasteiger partial charge >= 0.3 is 0 Å². The van der Waals surface area contributed by atoms with Crippen molar-refractivity contribution >= 4 is 29.9 Å². The van der Waals surface area contributed by atoms with Crippen LogP contribution in [0.4, 0.5) is 0 Å². The van der Waals surface area contributed by atoms with Gasteiger partial charge in [0.05, 0.1) is 25.2 Å². The maximum atomic E-state index is 12.1. The van der Waals surface area contributed by atoms with Crippen molar-refractivity contribution in [2.24, 2.45) is 11.5 Å². The molecule has 8 N–H and O–H groups in total. The van der Waals surface area contributed by atoms with Crippen molar-refractivity contribution in [2.45, 2.75) is 83.3 Å². The van der Waals surface area contributed by atoms with Crippen LogP contribution in [-0.2, 0) is 24.0 Å². The third-order valence-corrected chi connectivity index (χ3v) is 4.90. The standard InChI is InChI=1S/C21H40N6O5/c1-3-7-15(4-2)27-21(32)17(23)8-5-6-11-24-18(29)10-9-16(14-28)26-20(31)13-25-19(30)12-22/h14-17H,3-13,22-23H2,1-2H3,(H,24,29)(H,25,30)(H,26,31)(H,27,32). The number of unbranched alkanes of at least 4 members (excludes halogenated alkanes) is 1. The van der Waals surface area contributed by atoms with E-state index >= 15 is 0 Å². The molecule has 0 aromatic carbocycles. The summed E-state index contributed by atoms with van der Waals surface area (Å²) in [4.78, 5) is 57.8. The second kappa shape index (κ2) is 18.1. The molecule has 11 nitrogen and oxygen atoms in total. The Balaban J connectivity index is 3.99. The summed E-state index contributed by atoms with van der Waals surface area (Å²) < 4.78 is 0. The van der Waals surface area contributed by atoms with Gasteiger partial charge < -0.3 is 37.5 Å². The van der Waals surface area contributed by atoms with E-state index in [1.807, 2.05) is 6.92 Å². The highest BCUT2D eigenvalue weighted by Crippen LogP contribution is 2.04. The van der Waals surface area contributed by atoms with Crippen LogP contribution in [0.5, 0.6) is 0 Å². The van der Waals surface area contributed by atoms with Gasteiger partial charge in [0.25, 0.3) is 0 Å². The first-order chi connectivity index (χ1) is 15.3. The van der Waals surface area contributed by atoms with Crippen LogP contribution >= 0.6 is 0 Å². The molecule has 0 aliphatic heterocycles. The van der Waals surface area contributed by atoms with Gasteiger partial charge in [-0.25, -0.2) is 0 Å². The average molecular weight is 457 g/mol. The van der Waals surface area contributed by atoms with Crippen LogP contribution in [-0.4, -0.2) is 67.7 Å². The molecule has 0 spiro atoms. The van der Waals surface area contributed by atoms with Gasteiger partial charge in [0.15, 0.2) is 0 Å². The Morgan fingerprint density at radius 3 is 2.22 bits per heavy atom. The fourth-order valence-corrected chi connectivity index (χ4v) is 2.94. The molecular formula is C21H40N6O5. The Morgan fingerprint density at radius 2 is 1.62 bits per heavy atom. The number of carbonyl (C=O) groups is 5. The van der Waals surface area contributed by atoms with Crippen molar-refractivity contribution in [1.29, 1.82) is 0 Å². The van der Waals surface area contributed by atoms with E-state index in [-0.39, 0.29) is 43.8 Å². The number of hydrogen-bond acceptors (Lipinski definition) is 7. The van der Waals surface area contributed by atoms with Crippen molar-refractivity contribution < 1.29 is 24.0 Å². The fourth-order valence-electron chi connectivity index (χ4n) is 2.94. The fraction of sp³-hybridized carbons (Fsp3) is 0.762. The minimum absolute atomic E-state index is 0.0661. The van der Waals surface area contributed by atoms with Crippen molar-refractivity contribution in [2.75, 3.05) is 19.6 Å². The lowest BCUT2D eigenvalue weighted by atomic mass is 10.1. The Labute approximate surface area is 190 Å². The van der Waals surface area contributed by atoms with Crippen LogP contribution in [0.25, 0.3) is 0 Å². The molecule has 3 unspecified atom stereocenters. The minimum atomic E-state index is -0.820. The second-order valence-corrected chi connectivity index (χ2v) is 7.68. The monoisotopic (exact) mass is 456 g/mol. The van der Waals surface area contributed by atoms with Crippen molar-refractivity contribution in [3.8, 4) is 0 Å². The van der Waals surface area contributed by atoms with Gasteiger partial charge in [0.1, 0.15) is 6.29 Å². The first kappa shape index (κ1) is 29.5. The molecule has 11 heteroatoms. The molecule has 184 valence electrons. The minimum Gasteiger partial charge on any atom is -0.356 e. The number of nitrogens with one attached hydrogen (secondary N) is 4. The largest absolute Gasteiger partial charge is 0.356 e. The Hall–Kier alpha value is -2.53.